The summed E-state index contributed by atoms with van der Waals surface area (Å²) in [6, 6.07) is 5.57. The lowest BCUT2D eigenvalue weighted by atomic mass is 9.99. The zero-order valence-corrected chi connectivity index (χ0v) is 17.7. The maximum atomic E-state index is 14.7. The molecule has 2 atom stereocenters. The zero-order chi connectivity index (χ0) is 20.1. The standard InChI is InChI=1S/C22H27FN2O2Si/c1-28(2,3)19-9-7-17(23)22-15(19)6-8-18(22)25-20-10-13-4-5-14(11-21(26)27)16(13)12-24-20/h7,9-10,12,14,18H,4-6,8,11H2,1-3H3,(H,24,25)(H,26,27)/t14-,18+/m0/s1. The average molecular weight is 399 g/mol. The number of anilines is 1. The fourth-order valence-electron chi connectivity index (χ4n) is 4.82. The van der Waals surface area contributed by atoms with E-state index < -0.39 is 14.0 Å². The van der Waals surface area contributed by atoms with E-state index in [1.807, 2.05) is 18.3 Å². The Labute approximate surface area is 166 Å². The molecule has 1 aromatic carbocycles. The van der Waals surface area contributed by atoms with Crippen LogP contribution in [0.15, 0.2) is 24.4 Å². The van der Waals surface area contributed by atoms with Crippen LogP contribution in [0.1, 0.15) is 53.5 Å². The van der Waals surface area contributed by atoms with Gasteiger partial charge in [-0.05, 0) is 60.4 Å². The monoisotopic (exact) mass is 398 g/mol. The van der Waals surface area contributed by atoms with Crippen LogP contribution < -0.4 is 10.5 Å². The molecule has 0 aliphatic heterocycles. The van der Waals surface area contributed by atoms with Crippen molar-refractivity contribution in [3.05, 3.63) is 52.5 Å². The Kier molecular flexibility index (Phi) is 4.77. The van der Waals surface area contributed by atoms with Crippen molar-refractivity contribution in [2.75, 3.05) is 5.32 Å². The molecule has 4 rings (SSSR count). The molecule has 2 aromatic rings. The number of carboxylic acids is 1. The Morgan fingerprint density at radius 1 is 1.29 bits per heavy atom. The van der Waals surface area contributed by atoms with Crippen molar-refractivity contribution in [2.45, 2.75) is 63.7 Å². The van der Waals surface area contributed by atoms with Gasteiger partial charge in [0.1, 0.15) is 11.6 Å². The Morgan fingerprint density at radius 3 is 2.79 bits per heavy atom. The van der Waals surface area contributed by atoms with Crippen LogP contribution in [-0.4, -0.2) is 24.1 Å². The number of nitrogens with zero attached hydrogens (tertiary/aromatic N) is 1. The highest BCUT2D eigenvalue weighted by Gasteiger charge is 2.32. The van der Waals surface area contributed by atoms with Crippen molar-refractivity contribution in [3.8, 4) is 0 Å². The lowest BCUT2D eigenvalue weighted by Gasteiger charge is -2.22. The van der Waals surface area contributed by atoms with Gasteiger partial charge in [-0.3, -0.25) is 4.79 Å². The van der Waals surface area contributed by atoms with Crippen molar-refractivity contribution in [2.24, 2.45) is 0 Å². The van der Waals surface area contributed by atoms with Crippen LogP contribution in [-0.2, 0) is 17.6 Å². The summed E-state index contributed by atoms with van der Waals surface area (Å²) in [7, 11) is -1.53. The Hall–Kier alpha value is -2.21. The number of aromatic nitrogens is 1. The number of halogens is 1. The van der Waals surface area contributed by atoms with Gasteiger partial charge >= 0.3 is 5.97 Å². The van der Waals surface area contributed by atoms with Gasteiger partial charge in [0.15, 0.2) is 0 Å². The first-order chi connectivity index (χ1) is 13.2. The molecule has 148 valence electrons. The summed E-state index contributed by atoms with van der Waals surface area (Å²) in [5, 5.41) is 13.9. The van der Waals surface area contributed by atoms with E-state index in [9.17, 15) is 9.18 Å². The van der Waals surface area contributed by atoms with Crippen LogP contribution in [0, 0.1) is 5.82 Å². The Balaban J connectivity index is 1.59. The molecule has 0 amide bonds. The number of carbonyl (C=O) groups is 1. The summed E-state index contributed by atoms with van der Waals surface area (Å²) >= 11 is 0. The van der Waals surface area contributed by atoms with Crippen LogP contribution in [0.5, 0.6) is 0 Å². The molecule has 1 aromatic heterocycles. The molecule has 2 aliphatic rings. The van der Waals surface area contributed by atoms with Gasteiger partial charge in [0.05, 0.1) is 20.5 Å². The SMILES string of the molecule is C[Si](C)(C)c1ccc(F)c2c1CC[C@H]2Nc1cc2c(cn1)[C@H](CC(=O)O)CC2. The molecule has 0 spiro atoms. The van der Waals surface area contributed by atoms with Crippen molar-refractivity contribution >= 4 is 25.0 Å². The normalized spacial score (nSPS) is 20.7. The number of benzene rings is 1. The summed E-state index contributed by atoms with van der Waals surface area (Å²) in [5.41, 5.74) is 4.22. The largest absolute Gasteiger partial charge is 0.481 e. The van der Waals surface area contributed by atoms with E-state index in [0.717, 1.165) is 42.6 Å². The number of aliphatic carboxylic acids is 1. The predicted octanol–water partition coefficient (Wildman–Crippen LogP) is 4.37. The molecule has 0 saturated heterocycles. The van der Waals surface area contributed by atoms with Crippen molar-refractivity contribution < 1.29 is 14.3 Å². The van der Waals surface area contributed by atoms with E-state index in [4.69, 9.17) is 5.11 Å². The van der Waals surface area contributed by atoms with E-state index >= 15 is 0 Å². The number of nitrogens with one attached hydrogen (secondary N) is 1. The quantitative estimate of drug-likeness (QED) is 0.734. The minimum atomic E-state index is -1.53. The van der Waals surface area contributed by atoms with E-state index in [1.165, 1.54) is 16.3 Å². The average Bonchev–Trinajstić information content (AvgIpc) is 3.19. The minimum absolute atomic E-state index is 0.0537. The first kappa shape index (κ1) is 19.1. The third-order valence-electron chi connectivity index (χ3n) is 6.11. The molecule has 2 aliphatic carbocycles. The Morgan fingerprint density at radius 2 is 2.07 bits per heavy atom. The second-order valence-corrected chi connectivity index (χ2v) is 14.1. The molecule has 0 fully saturated rings. The molecule has 2 N–H and O–H groups in total. The topological polar surface area (TPSA) is 62.2 Å². The molecule has 0 unspecified atom stereocenters. The molecule has 28 heavy (non-hydrogen) atoms. The maximum absolute atomic E-state index is 14.7. The summed E-state index contributed by atoms with van der Waals surface area (Å²) < 4.78 is 14.7. The number of hydrogen-bond acceptors (Lipinski definition) is 3. The lowest BCUT2D eigenvalue weighted by Crippen LogP contribution is -2.40. The second kappa shape index (κ2) is 6.99. The lowest BCUT2D eigenvalue weighted by molar-refractivity contribution is -0.137. The van der Waals surface area contributed by atoms with E-state index in [1.54, 1.807) is 6.07 Å². The van der Waals surface area contributed by atoms with Crippen LogP contribution >= 0.6 is 0 Å². The first-order valence-electron chi connectivity index (χ1n) is 10.0. The van der Waals surface area contributed by atoms with Crippen LogP contribution in [0.2, 0.25) is 19.6 Å². The molecule has 0 saturated carbocycles. The summed E-state index contributed by atoms with van der Waals surface area (Å²) in [5.74, 6) is -0.0886. The maximum Gasteiger partial charge on any atom is 0.303 e. The van der Waals surface area contributed by atoms with Gasteiger partial charge in [-0.15, -0.1) is 0 Å². The van der Waals surface area contributed by atoms with Crippen molar-refractivity contribution in [3.63, 3.8) is 0 Å². The number of carboxylic acid groups (broad SMARTS) is 1. The van der Waals surface area contributed by atoms with E-state index in [0.29, 0.717) is 0 Å². The predicted molar refractivity (Wildman–Crippen MR) is 112 cm³/mol. The van der Waals surface area contributed by atoms with Gasteiger partial charge in [0, 0.05) is 11.8 Å². The summed E-state index contributed by atoms with van der Waals surface area (Å²) in [4.78, 5) is 15.6. The first-order valence-corrected chi connectivity index (χ1v) is 13.5. The smallest absolute Gasteiger partial charge is 0.303 e. The highest BCUT2D eigenvalue weighted by atomic mass is 28.3. The molecule has 1 heterocycles. The van der Waals surface area contributed by atoms with Crippen LogP contribution in [0.25, 0.3) is 0 Å². The highest BCUT2D eigenvalue weighted by molar-refractivity contribution is 6.89. The van der Waals surface area contributed by atoms with Gasteiger partial charge in [-0.2, -0.15) is 0 Å². The molecule has 0 bridgehead atoms. The number of aryl methyl sites for hydroxylation is 1. The number of fused-ring (bicyclic) bond motifs is 2. The van der Waals surface area contributed by atoms with Crippen LogP contribution in [0.3, 0.4) is 0 Å². The Bertz CT molecular complexity index is 939. The van der Waals surface area contributed by atoms with Crippen molar-refractivity contribution in [1.82, 2.24) is 4.98 Å². The van der Waals surface area contributed by atoms with Gasteiger partial charge < -0.3 is 10.4 Å². The van der Waals surface area contributed by atoms with Crippen molar-refractivity contribution in [1.29, 1.82) is 0 Å². The minimum Gasteiger partial charge on any atom is -0.481 e. The van der Waals surface area contributed by atoms with E-state index in [2.05, 4.69) is 29.9 Å². The number of hydrogen-bond donors (Lipinski definition) is 2. The molecule has 0 radical (unpaired) electrons. The van der Waals surface area contributed by atoms with Gasteiger partial charge in [0.25, 0.3) is 0 Å². The fraction of sp³-hybridized carbons (Fsp3) is 0.455. The number of rotatable bonds is 5. The molecule has 6 heteroatoms. The summed E-state index contributed by atoms with van der Waals surface area (Å²) in [6.45, 7) is 6.91. The number of pyridine rings is 1. The third kappa shape index (κ3) is 3.46. The van der Waals surface area contributed by atoms with Gasteiger partial charge in [-0.1, -0.05) is 30.9 Å². The molecular formula is C22H27FN2O2Si. The summed E-state index contributed by atoms with van der Waals surface area (Å²) in [6.07, 6.45) is 5.46. The van der Waals surface area contributed by atoms with Gasteiger partial charge in [-0.25, -0.2) is 9.37 Å². The highest BCUT2D eigenvalue weighted by Crippen LogP contribution is 2.38. The fourth-order valence-corrected chi connectivity index (χ4v) is 6.57. The zero-order valence-electron chi connectivity index (χ0n) is 16.7. The second-order valence-electron chi connectivity index (χ2n) is 9.07. The van der Waals surface area contributed by atoms with Crippen LogP contribution in [0.4, 0.5) is 10.2 Å². The molecule has 4 nitrogen and oxygen atoms in total. The van der Waals surface area contributed by atoms with Gasteiger partial charge in [0.2, 0.25) is 0 Å². The molecular weight excluding hydrogens is 371 g/mol. The third-order valence-corrected chi connectivity index (χ3v) is 8.20. The van der Waals surface area contributed by atoms with E-state index in [-0.39, 0.29) is 24.2 Å².